The summed E-state index contributed by atoms with van der Waals surface area (Å²) in [4.78, 5) is 28.1. The van der Waals surface area contributed by atoms with Crippen molar-refractivity contribution in [2.75, 3.05) is 6.54 Å². The number of hydrogen-bond acceptors (Lipinski definition) is 5. The number of amides is 2. The maximum atomic E-state index is 11.9. The van der Waals surface area contributed by atoms with E-state index < -0.39 is 5.54 Å². The van der Waals surface area contributed by atoms with Crippen molar-refractivity contribution in [3.63, 3.8) is 0 Å². The topological polar surface area (TPSA) is 97.1 Å². The van der Waals surface area contributed by atoms with Crippen LogP contribution in [0.4, 0.5) is 0 Å². The van der Waals surface area contributed by atoms with Gasteiger partial charge in [0.15, 0.2) is 5.82 Å². The minimum atomic E-state index is -0.538. The fourth-order valence-corrected chi connectivity index (χ4v) is 3.43. The molecular weight excluding hydrogens is 332 g/mol. The van der Waals surface area contributed by atoms with Gasteiger partial charge in [0.2, 0.25) is 17.7 Å². The number of nitrogens with one attached hydrogen (secondary N) is 2. The van der Waals surface area contributed by atoms with Crippen LogP contribution in [0.1, 0.15) is 83.9 Å². The molecule has 1 aromatic heterocycles. The molecule has 1 saturated carbocycles. The SMILES string of the molecule is CC(=O)NC1(c2noc(CCC(=O)NCCC(C)C)n2)CCCCCC1. The van der Waals surface area contributed by atoms with Crippen LogP contribution in [0.3, 0.4) is 0 Å². The van der Waals surface area contributed by atoms with Crippen LogP contribution in [0.5, 0.6) is 0 Å². The number of nitrogens with zero attached hydrogens (tertiary/aromatic N) is 2. The Bertz CT molecular complexity index is 589. The summed E-state index contributed by atoms with van der Waals surface area (Å²) < 4.78 is 5.37. The van der Waals surface area contributed by atoms with Gasteiger partial charge in [-0.3, -0.25) is 9.59 Å². The van der Waals surface area contributed by atoms with Crippen LogP contribution in [0, 0.1) is 5.92 Å². The molecule has 1 aliphatic rings. The van der Waals surface area contributed by atoms with Crippen molar-refractivity contribution in [2.45, 2.75) is 84.1 Å². The smallest absolute Gasteiger partial charge is 0.227 e. The minimum Gasteiger partial charge on any atom is -0.356 e. The highest BCUT2D eigenvalue weighted by Crippen LogP contribution is 2.34. The lowest BCUT2D eigenvalue weighted by atomic mass is 9.89. The molecule has 146 valence electrons. The Morgan fingerprint density at radius 3 is 2.50 bits per heavy atom. The van der Waals surface area contributed by atoms with E-state index in [1.807, 2.05) is 0 Å². The maximum absolute atomic E-state index is 11.9. The zero-order valence-electron chi connectivity index (χ0n) is 16.3. The molecule has 2 rings (SSSR count). The van der Waals surface area contributed by atoms with Gasteiger partial charge in [-0.2, -0.15) is 4.98 Å². The van der Waals surface area contributed by atoms with Crippen LogP contribution < -0.4 is 10.6 Å². The third-order valence-corrected chi connectivity index (χ3v) is 4.88. The van der Waals surface area contributed by atoms with Crippen molar-refractivity contribution < 1.29 is 14.1 Å². The molecule has 0 aliphatic heterocycles. The van der Waals surface area contributed by atoms with E-state index in [0.717, 1.165) is 44.9 Å². The average molecular weight is 364 g/mol. The molecule has 0 radical (unpaired) electrons. The Morgan fingerprint density at radius 1 is 1.19 bits per heavy atom. The van der Waals surface area contributed by atoms with Gasteiger partial charge >= 0.3 is 0 Å². The first-order chi connectivity index (χ1) is 12.4. The molecule has 0 unspecified atom stereocenters. The summed E-state index contributed by atoms with van der Waals surface area (Å²) in [5.41, 5.74) is -0.538. The van der Waals surface area contributed by atoms with Crippen LogP contribution >= 0.6 is 0 Å². The number of hydrogen-bond donors (Lipinski definition) is 2. The highest BCUT2D eigenvalue weighted by molar-refractivity contribution is 5.76. The van der Waals surface area contributed by atoms with E-state index in [-0.39, 0.29) is 11.8 Å². The fourth-order valence-electron chi connectivity index (χ4n) is 3.43. The van der Waals surface area contributed by atoms with Gasteiger partial charge in [0, 0.05) is 26.3 Å². The van der Waals surface area contributed by atoms with Crippen molar-refractivity contribution in [2.24, 2.45) is 5.92 Å². The fraction of sp³-hybridized carbons (Fsp3) is 0.789. The lowest BCUT2D eigenvalue weighted by molar-refractivity contribution is -0.122. The Kier molecular flexibility index (Phi) is 7.60. The van der Waals surface area contributed by atoms with Gasteiger partial charge < -0.3 is 15.2 Å². The molecule has 1 aliphatic carbocycles. The summed E-state index contributed by atoms with van der Waals surface area (Å²) >= 11 is 0. The van der Waals surface area contributed by atoms with E-state index in [2.05, 4.69) is 34.6 Å². The second-order valence-corrected chi connectivity index (χ2v) is 7.72. The molecule has 1 fully saturated rings. The summed E-state index contributed by atoms with van der Waals surface area (Å²) in [5, 5.41) is 10.1. The molecule has 0 spiro atoms. The van der Waals surface area contributed by atoms with Crippen LogP contribution in [0.2, 0.25) is 0 Å². The van der Waals surface area contributed by atoms with Crippen molar-refractivity contribution in [3.05, 3.63) is 11.7 Å². The molecular formula is C19H32N4O3. The lowest BCUT2D eigenvalue weighted by Crippen LogP contribution is -2.45. The second kappa shape index (κ2) is 9.69. The summed E-state index contributed by atoms with van der Waals surface area (Å²) in [5.74, 6) is 1.48. The molecule has 1 aromatic rings. The molecule has 1 heterocycles. The molecule has 7 nitrogen and oxygen atoms in total. The van der Waals surface area contributed by atoms with E-state index >= 15 is 0 Å². The normalized spacial score (nSPS) is 16.9. The van der Waals surface area contributed by atoms with E-state index in [0.29, 0.717) is 37.0 Å². The number of carbonyl (C=O) groups is 2. The first-order valence-corrected chi connectivity index (χ1v) is 9.80. The van der Waals surface area contributed by atoms with Gasteiger partial charge in [0.05, 0.1) is 0 Å². The number of rotatable bonds is 8. The number of aryl methyl sites for hydroxylation is 1. The van der Waals surface area contributed by atoms with Crippen LogP contribution in [0.15, 0.2) is 4.52 Å². The van der Waals surface area contributed by atoms with Crippen molar-refractivity contribution in [3.8, 4) is 0 Å². The first-order valence-electron chi connectivity index (χ1n) is 9.80. The molecule has 0 aromatic carbocycles. The molecule has 0 saturated heterocycles. The molecule has 0 atom stereocenters. The number of aromatic nitrogens is 2. The zero-order chi connectivity index (χ0) is 19.0. The zero-order valence-corrected chi connectivity index (χ0v) is 16.3. The van der Waals surface area contributed by atoms with Gasteiger partial charge in [-0.15, -0.1) is 0 Å². The van der Waals surface area contributed by atoms with E-state index in [9.17, 15) is 9.59 Å². The van der Waals surface area contributed by atoms with Crippen molar-refractivity contribution in [1.82, 2.24) is 20.8 Å². The minimum absolute atomic E-state index is 0.00330. The van der Waals surface area contributed by atoms with E-state index in [1.165, 1.54) is 6.92 Å². The first kappa shape index (κ1) is 20.4. The molecule has 0 bridgehead atoms. The Balaban J connectivity index is 1.95. The van der Waals surface area contributed by atoms with Gasteiger partial charge in [-0.25, -0.2) is 0 Å². The van der Waals surface area contributed by atoms with Gasteiger partial charge in [0.1, 0.15) is 5.54 Å². The quantitative estimate of drug-likeness (QED) is 0.691. The Hall–Kier alpha value is -1.92. The average Bonchev–Trinajstić information content (AvgIpc) is 2.93. The van der Waals surface area contributed by atoms with Crippen molar-refractivity contribution in [1.29, 1.82) is 0 Å². The van der Waals surface area contributed by atoms with E-state index in [4.69, 9.17) is 4.52 Å². The van der Waals surface area contributed by atoms with Gasteiger partial charge in [0.25, 0.3) is 0 Å². The van der Waals surface area contributed by atoms with Crippen molar-refractivity contribution >= 4 is 11.8 Å². The predicted octanol–water partition coefficient (Wildman–Crippen LogP) is 2.85. The van der Waals surface area contributed by atoms with Gasteiger partial charge in [-0.1, -0.05) is 44.7 Å². The summed E-state index contributed by atoms with van der Waals surface area (Å²) in [6, 6.07) is 0. The van der Waals surface area contributed by atoms with E-state index in [1.54, 1.807) is 0 Å². The summed E-state index contributed by atoms with van der Waals surface area (Å²) in [6.45, 7) is 6.47. The monoisotopic (exact) mass is 364 g/mol. The molecule has 26 heavy (non-hydrogen) atoms. The van der Waals surface area contributed by atoms with Crippen LogP contribution in [-0.4, -0.2) is 28.5 Å². The van der Waals surface area contributed by atoms with Crippen LogP contribution in [0.25, 0.3) is 0 Å². The van der Waals surface area contributed by atoms with Crippen LogP contribution in [-0.2, 0) is 21.5 Å². The van der Waals surface area contributed by atoms with Gasteiger partial charge in [-0.05, 0) is 25.2 Å². The highest BCUT2D eigenvalue weighted by Gasteiger charge is 2.38. The summed E-state index contributed by atoms with van der Waals surface area (Å²) in [7, 11) is 0. The maximum Gasteiger partial charge on any atom is 0.227 e. The number of carbonyl (C=O) groups excluding carboxylic acids is 2. The molecule has 7 heteroatoms. The molecule has 2 amide bonds. The molecule has 2 N–H and O–H groups in total. The largest absolute Gasteiger partial charge is 0.356 e. The predicted molar refractivity (Wildman–Crippen MR) is 98.3 cm³/mol. The Morgan fingerprint density at radius 2 is 1.88 bits per heavy atom. The summed E-state index contributed by atoms with van der Waals surface area (Å²) in [6.07, 6.45) is 7.72. The second-order valence-electron chi connectivity index (χ2n) is 7.72. The highest BCUT2D eigenvalue weighted by atomic mass is 16.5. The third kappa shape index (κ3) is 6.11. The lowest BCUT2D eigenvalue weighted by Gasteiger charge is -2.30. The third-order valence-electron chi connectivity index (χ3n) is 4.88. The Labute approximate surface area is 155 Å². The standard InChI is InChI=1S/C19H32N4O3/c1-14(2)10-13-20-16(25)8-9-17-21-18(23-26-17)19(22-15(3)24)11-6-4-5-7-12-19/h14H,4-13H2,1-3H3,(H,20,25)(H,22,24).